The molecule has 1 aliphatic rings. The number of amides is 1. The SMILES string of the molecule is CN1CC(c2ccc(Cc3ccc(F)cc3)cn2)=C(O)C1=O. The van der Waals surface area contributed by atoms with Crippen LogP contribution in [0.1, 0.15) is 16.8 Å². The summed E-state index contributed by atoms with van der Waals surface area (Å²) in [6, 6.07) is 10.0. The van der Waals surface area contributed by atoms with Gasteiger partial charge < -0.3 is 10.0 Å². The maximum absolute atomic E-state index is 12.9. The van der Waals surface area contributed by atoms with E-state index in [-0.39, 0.29) is 17.5 Å². The molecule has 5 heteroatoms. The number of aromatic nitrogens is 1. The van der Waals surface area contributed by atoms with Crippen LogP contribution in [-0.4, -0.2) is 34.5 Å². The van der Waals surface area contributed by atoms with E-state index in [1.807, 2.05) is 6.07 Å². The molecule has 0 saturated carbocycles. The molecule has 2 heterocycles. The molecule has 112 valence electrons. The second kappa shape index (κ2) is 5.60. The Balaban J connectivity index is 1.79. The zero-order valence-electron chi connectivity index (χ0n) is 12.1. The summed E-state index contributed by atoms with van der Waals surface area (Å²) >= 11 is 0. The number of hydrogen-bond acceptors (Lipinski definition) is 3. The number of aliphatic hydroxyl groups excluding tert-OH is 1. The van der Waals surface area contributed by atoms with Crippen molar-refractivity contribution in [2.24, 2.45) is 0 Å². The van der Waals surface area contributed by atoms with Gasteiger partial charge in [0.2, 0.25) is 0 Å². The molecular weight excluding hydrogens is 283 g/mol. The summed E-state index contributed by atoms with van der Waals surface area (Å²) in [5, 5.41) is 9.82. The summed E-state index contributed by atoms with van der Waals surface area (Å²) in [5.74, 6) is -0.872. The predicted octanol–water partition coefficient (Wildman–Crippen LogP) is 2.55. The van der Waals surface area contributed by atoms with Gasteiger partial charge in [-0.05, 0) is 35.7 Å². The minimum atomic E-state index is -0.382. The van der Waals surface area contributed by atoms with Crippen molar-refractivity contribution in [3.05, 3.63) is 71.0 Å². The van der Waals surface area contributed by atoms with Crippen LogP contribution in [0.5, 0.6) is 0 Å². The summed E-state index contributed by atoms with van der Waals surface area (Å²) < 4.78 is 12.9. The molecule has 1 amide bonds. The second-order valence-corrected chi connectivity index (χ2v) is 5.34. The second-order valence-electron chi connectivity index (χ2n) is 5.34. The smallest absolute Gasteiger partial charge is 0.289 e. The number of aliphatic hydroxyl groups is 1. The topological polar surface area (TPSA) is 53.4 Å². The van der Waals surface area contributed by atoms with Gasteiger partial charge in [-0.2, -0.15) is 0 Å². The average Bonchev–Trinajstić information content (AvgIpc) is 2.78. The molecule has 22 heavy (non-hydrogen) atoms. The highest BCUT2D eigenvalue weighted by molar-refractivity contribution is 6.03. The first kappa shape index (κ1) is 14.3. The Morgan fingerprint density at radius 3 is 2.41 bits per heavy atom. The number of hydrogen-bond donors (Lipinski definition) is 1. The molecule has 1 N–H and O–H groups in total. The first-order valence-corrected chi connectivity index (χ1v) is 6.92. The van der Waals surface area contributed by atoms with E-state index in [2.05, 4.69) is 4.98 Å². The lowest BCUT2D eigenvalue weighted by Gasteiger charge is -2.07. The van der Waals surface area contributed by atoms with Gasteiger partial charge in [0.25, 0.3) is 5.91 Å². The first-order chi connectivity index (χ1) is 10.5. The zero-order valence-corrected chi connectivity index (χ0v) is 12.1. The highest BCUT2D eigenvalue weighted by Crippen LogP contribution is 2.24. The lowest BCUT2D eigenvalue weighted by molar-refractivity contribution is -0.126. The summed E-state index contributed by atoms with van der Waals surface area (Å²) in [6.07, 6.45) is 2.36. The van der Waals surface area contributed by atoms with Gasteiger partial charge in [-0.1, -0.05) is 18.2 Å². The Hall–Kier alpha value is -2.69. The summed E-state index contributed by atoms with van der Waals surface area (Å²) in [7, 11) is 1.63. The fourth-order valence-electron chi connectivity index (χ4n) is 2.44. The molecule has 4 nitrogen and oxygen atoms in total. The number of likely N-dealkylation sites (N-methyl/N-ethyl adjacent to an activating group) is 1. The Morgan fingerprint density at radius 1 is 1.18 bits per heavy atom. The van der Waals surface area contributed by atoms with Crippen molar-refractivity contribution >= 4 is 11.5 Å². The molecule has 1 aromatic carbocycles. The van der Waals surface area contributed by atoms with Gasteiger partial charge in [-0.25, -0.2) is 4.39 Å². The number of carbonyl (C=O) groups is 1. The van der Waals surface area contributed by atoms with Crippen molar-refractivity contribution in [2.75, 3.05) is 13.6 Å². The third-order valence-corrected chi connectivity index (χ3v) is 3.69. The third kappa shape index (κ3) is 2.70. The normalized spacial score (nSPS) is 14.8. The van der Waals surface area contributed by atoms with Crippen LogP contribution in [0.25, 0.3) is 5.57 Å². The van der Waals surface area contributed by atoms with Gasteiger partial charge in [-0.3, -0.25) is 9.78 Å². The molecule has 2 aromatic rings. The van der Waals surface area contributed by atoms with Crippen molar-refractivity contribution in [3.8, 4) is 0 Å². The van der Waals surface area contributed by atoms with Crippen LogP contribution < -0.4 is 0 Å². The minimum Gasteiger partial charge on any atom is -0.503 e. The molecular formula is C17H15FN2O2. The van der Waals surface area contributed by atoms with Crippen LogP contribution in [0, 0.1) is 5.82 Å². The molecule has 0 atom stereocenters. The predicted molar refractivity (Wildman–Crippen MR) is 80.6 cm³/mol. The highest BCUT2D eigenvalue weighted by atomic mass is 19.1. The number of carbonyl (C=O) groups excluding carboxylic acids is 1. The molecule has 0 unspecified atom stereocenters. The van der Waals surface area contributed by atoms with Crippen LogP contribution in [-0.2, 0) is 11.2 Å². The fourth-order valence-corrected chi connectivity index (χ4v) is 2.44. The maximum Gasteiger partial charge on any atom is 0.289 e. The highest BCUT2D eigenvalue weighted by Gasteiger charge is 2.28. The molecule has 0 bridgehead atoms. The Morgan fingerprint density at radius 2 is 1.86 bits per heavy atom. The Labute approximate surface area is 127 Å². The van der Waals surface area contributed by atoms with E-state index in [0.29, 0.717) is 24.2 Å². The number of benzene rings is 1. The standard InChI is InChI=1S/C17H15FN2O2/c1-20-10-14(16(21)17(20)22)15-7-4-12(9-19-15)8-11-2-5-13(18)6-3-11/h2-7,9,21H,8,10H2,1H3. The summed E-state index contributed by atoms with van der Waals surface area (Å²) in [5.41, 5.74) is 3.11. The van der Waals surface area contributed by atoms with Crippen LogP contribution in [0.3, 0.4) is 0 Å². The molecule has 3 rings (SSSR count). The Kier molecular flexibility index (Phi) is 3.63. The molecule has 0 spiro atoms. The first-order valence-electron chi connectivity index (χ1n) is 6.92. The maximum atomic E-state index is 12.9. The van der Waals surface area contributed by atoms with Gasteiger partial charge in [0.1, 0.15) is 5.82 Å². The van der Waals surface area contributed by atoms with E-state index in [9.17, 15) is 14.3 Å². The van der Waals surface area contributed by atoms with Crippen LogP contribution in [0.2, 0.25) is 0 Å². The fraction of sp³-hybridized carbons (Fsp3) is 0.176. The van der Waals surface area contributed by atoms with Crippen molar-refractivity contribution in [3.63, 3.8) is 0 Å². The van der Waals surface area contributed by atoms with E-state index >= 15 is 0 Å². The van der Waals surface area contributed by atoms with E-state index in [1.54, 1.807) is 31.4 Å². The summed E-state index contributed by atoms with van der Waals surface area (Å²) in [6.45, 7) is 0.356. The monoisotopic (exact) mass is 298 g/mol. The van der Waals surface area contributed by atoms with Crippen LogP contribution in [0.15, 0.2) is 48.4 Å². The number of nitrogens with zero attached hydrogens (tertiary/aromatic N) is 2. The van der Waals surface area contributed by atoms with Crippen molar-refractivity contribution < 1.29 is 14.3 Å². The van der Waals surface area contributed by atoms with Crippen LogP contribution in [0.4, 0.5) is 4.39 Å². The molecule has 1 aromatic heterocycles. The van der Waals surface area contributed by atoms with Gasteiger partial charge in [-0.15, -0.1) is 0 Å². The third-order valence-electron chi connectivity index (χ3n) is 3.69. The van der Waals surface area contributed by atoms with Crippen molar-refractivity contribution in [2.45, 2.75) is 6.42 Å². The number of halogens is 1. The lowest BCUT2D eigenvalue weighted by Crippen LogP contribution is -2.21. The van der Waals surface area contributed by atoms with E-state index < -0.39 is 0 Å². The largest absolute Gasteiger partial charge is 0.503 e. The molecule has 0 radical (unpaired) electrons. The summed E-state index contributed by atoms with van der Waals surface area (Å²) in [4.78, 5) is 17.4. The number of pyridine rings is 1. The lowest BCUT2D eigenvalue weighted by atomic mass is 10.1. The van der Waals surface area contributed by atoms with Gasteiger partial charge in [0.15, 0.2) is 5.76 Å². The molecule has 1 aliphatic heterocycles. The van der Waals surface area contributed by atoms with Crippen LogP contribution >= 0.6 is 0 Å². The van der Waals surface area contributed by atoms with E-state index in [1.165, 1.54) is 17.0 Å². The van der Waals surface area contributed by atoms with Gasteiger partial charge >= 0.3 is 0 Å². The minimum absolute atomic E-state index is 0.235. The quantitative estimate of drug-likeness (QED) is 0.947. The van der Waals surface area contributed by atoms with Gasteiger partial charge in [0, 0.05) is 18.8 Å². The van der Waals surface area contributed by atoms with E-state index in [0.717, 1.165) is 11.1 Å². The van der Waals surface area contributed by atoms with Crippen molar-refractivity contribution in [1.29, 1.82) is 0 Å². The zero-order chi connectivity index (χ0) is 15.7. The molecule has 0 fully saturated rings. The van der Waals surface area contributed by atoms with Crippen molar-refractivity contribution in [1.82, 2.24) is 9.88 Å². The number of rotatable bonds is 3. The molecule has 0 saturated heterocycles. The average molecular weight is 298 g/mol. The molecule has 0 aliphatic carbocycles. The van der Waals surface area contributed by atoms with Gasteiger partial charge in [0.05, 0.1) is 12.2 Å². The Bertz CT molecular complexity index is 736. The van der Waals surface area contributed by atoms with E-state index in [4.69, 9.17) is 0 Å².